The number of phenolic OH excluding ortho intramolecular Hbond substituents is 1. The molecule has 36 heavy (non-hydrogen) atoms. The molecule has 2 aromatic rings. The fourth-order valence-electron chi connectivity index (χ4n) is 4.23. The second-order valence-corrected chi connectivity index (χ2v) is 8.99. The molecule has 192 valence electrons. The van der Waals surface area contributed by atoms with Crippen LogP contribution in [0.1, 0.15) is 30.9 Å². The molecular weight excluding hydrogens is 464 g/mol. The van der Waals surface area contributed by atoms with E-state index in [-0.39, 0.29) is 18.6 Å². The molecule has 0 bridgehead atoms. The molecule has 4 atom stereocenters. The Hall–Kier alpha value is -3.92. The van der Waals surface area contributed by atoms with Crippen molar-refractivity contribution in [2.75, 3.05) is 6.54 Å². The predicted molar refractivity (Wildman–Crippen MR) is 132 cm³/mol. The Kier molecular flexibility index (Phi) is 9.02. The molecule has 1 aliphatic heterocycles. The number of nitrogens with one attached hydrogen (secondary N) is 2. The largest absolute Gasteiger partial charge is 0.508 e. The van der Waals surface area contributed by atoms with Crippen LogP contribution in [0, 0.1) is 0 Å². The first-order valence-corrected chi connectivity index (χ1v) is 11.9. The van der Waals surface area contributed by atoms with Crippen molar-refractivity contribution in [3.63, 3.8) is 0 Å². The minimum absolute atomic E-state index is 0.106. The fourth-order valence-corrected chi connectivity index (χ4v) is 4.23. The first-order chi connectivity index (χ1) is 17.2. The number of hydrogen-bond donors (Lipinski definition) is 5. The van der Waals surface area contributed by atoms with E-state index >= 15 is 0 Å². The van der Waals surface area contributed by atoms with Crippen molar-refractivity contribution >= 4 is 23.7 Å². The van der Waals surface area contributed by atoms with Crippen molar-refractivity contribution in [1.82, 2.24) is 15.5 Å². The van der Waals surface area contributed by atoms with Gasteiger partial charge in [-0.15, -0.1) is 0 Å². The molecule has 1 saturated heterocycles. The summed E-state index contributed by atoms with van der Waals surface area (Å²) in [5, 5.41) is 24.1. The Morgan fingerprint density at radius 2 is 1.64 bits per heavy atom. The molecule has 10 heteroatoms. The summed E-state index contributed by atoms with van der Waals surface area (Å²) < 4.78 is 0. The lowest BCUT2D eigenvalue weighted by atomic mass is 10.0. The number of phenols is 1. The topological polar surface area (TPSA) is 162 Å². The Bertz CT molecular complexity index is 1080. The van der Waals surface area contributed by atoms with Crippen LogP contribution < -0.4 is 16.4 Å². The third-order valence-corrected chi connectivity index (χ3v) is 6.19. The van der Waals surface area contributed by atoms with Crippen LogP contribution in [-0.2, 0) is 32.0 Å². The highest BCUT2D eigenvalue weighted by atomic mass is 16.4. The molecule has 1 heterocycles. The molecule has 2 aromatic carbocycles. The number of rotatable bonds is 10. The lowest BCUT2D eigenvalue weighted by Crippen LogP contribution is -2.56. The van der Waals surface area contributed by atoms with Crippen LogP contribution >= 0.6 is 0 Å². The van der Waals surface area contributed by atoms with Gasteiger partial charge in [0.1, 0.15) is 23.9 Å². The number of amides is 3. The third-order valence-electron chi connectivity index (χ3n) is 6.19. The van der Waals surface area contributed by atoms with Crippen molar-refractivity contribution in [1.29, 1.82) is 0 Å². The van der Waals surface area contributed by atoms with E-state index in [4.69, 9.17) is 5.73 Å². The minimum Gasteiger partial charge on any atom is -0.508 e. The number of carbonyl (C=O) groups is 4. The van der Waals surface area contributed by atoms with E-state index in [0.717, 1.165) is 11.1 Å². The summed E-state index contributed by atoms with van der Waals surface area (Å²) in [5.41, 5.74) is 7.52. The van der Waals surface area contributed by atoms with Crippen molar-refractivity contribution < 1.29 is 29.4 Å². The van der Waals surface area contributed by atoms with Crippen LogP contribution in [0.15, 0.2) is 54.6 Å². The highest BCUT2D eigenvalue weighted by Crippen LogP contribution is 2.19. The van der Waals surface area contributed by atoms with Gasteiger partial charge in [0, 0.05) is 13.0 Å². The van der Waals surface area contributed by atoms with Crippen LogP contribution in [0.5, 0.6) is 5.75 Å². The van der Waals surface area contributed by atoms with Crippen LogP contribution in [0.3, 0.4) is 0 Å². The summed E-state index contributed by atoms with van der Waals surface area (Å²) >= 11 is 0. The van der Waals surface area contributed by atoms with Gasteiger partial charge in [0.05, 0.1) is 6.04 Å². The standard InChI is InChI=1S/C26H32N4O6/c1-16(28-23(32)20(27)14-18-9-11-19(31)12-10-18)25(34)30-13-5-8-22(30)24(33)29-21(26(35)36)15-17-6-3-2-4-7-17/h2-4,6-7,9-12,16,20-22,31H,5,8,13-15,27H2,1H3,(H,28,32)(H,29,33)(H,35,36). The van der Waals surface area contributed by atoms with Gasteiger partial charge in [0.2, 0.25) is 17.7 Å². The SMILES string of the molecule is CC(NC(=O)C(N)Cc1ccc(O)cc1)C(=O)N1CCCC1C(=O)NC(Cc1ccccc1)C(=O)O. The number of carboxylic acid groups (broad SMARTS) is 1. The van der Waals surface area contributed by atoms with E-state index in [1.54, 1.807) is 36.4 Å². The number of nitrogens with two attached hydrogens (primary N) is 1. The molecule has 3 rings (SSSR count). The van der Waals surface area contributed by atoms with Crippen molar-refractivity contribution in [3.8, 4) is 5.75 Å². The van der Waals surface area contributed by atoms with Gasteiger partial charge in [-0.1, -0.05) is 42.5 Å². The molecule has 1 fully saturated rings. The van der Waals surface area contributed by atoms with E-state index in [1.165, 1.54) is 24.0 Å². The lowest BCUT2D eigenvalue weighted by Gasteiger charge is -2.28. The molecule has 6 N–H and O–H groups in total. The number of carbonyl (C=O) groups excluding carboxylic acids is 3. The first-order valence-electron chi connectivity index (χ1n) is 11.9. The number of aliphatic carboxylic acids is 1. The van der Waals surface area contributed by atoms with Crippen LogP contribution in [0.2, 0.25) is 0 Å². The second-order valence-electron chi connectivity index (χ2n) is 8.99. The molecule has 0 radical (unpaired) electrons. The molecule has 0 aromatic heterocycles. The van der Waals surface area contributed by atoms with Gasteiger partial charge in [0.15, 0.2) is 0 Å². The Morgan fingerprint density at radius 3 is 2.28 bits per heavy atom. The predicted octanol–water partition coefficient (Wildman–Crippen LogP) is 0.570. The van der Waals surface area contributed by atoms with Gasteiger partial charge >= 0.3 is 5.97 Å². The summed E-state index contributed by atoms with van der Waals surface area (Å²) in [6, 6.07) is 11.5. The molecule has 0 aliphatic carbocycles. The monoisotopic (exact) mass is 496 g/mol. The molecule has 1 aliphatic rings. The van der Waals surface area contributed by atoms with Crippen LogP contribution in [0.25, 0.3) is 0 Å². The number of nitrogens with zero attached hydrogens (tertiary/aromatic N) is 1. The van der Waals surface area contributed by atoms with E-state index in [1.807, 2.05) is 6.07 Å². The van der Waals surface area contributed by atoms with Gasteiger partial charge in [0.25, 0.3) is 0 Å². The average molecular weight is 497 g/mol. The zero-order valence-corrected chi connectivity index (χ0v) is 20.1. The van der Waals surface area contributed by atoms with Crippen molar-refractivity contribution in [2.45, 2.75) is 56.8 Å². The number of carboxylic acids is 1. The van der Waals surface area contributed by atoms with Crippen LogP contribution in [-0.4, -0.2) is 69.5 Å². The number of likely N-dealkylation sites (tertiary alicyclic amines) is 1. The van der Waals surface area contributed by atoms with Gasteiger partial charge in [-0.05, 0) is 49.4 Å². The zero-order valence-electron chi connectivity index (χ0n) is 20.1. The fraction of sp³-hybridized carbons (Fsp3) is 0.385. The van der Waals surface area contributed by atoms with E-state index < -0.39 is 47.9 Å². The zero-order chi connectivity index (χ0) is 26.2. The normalized spacial score (nSPS) is 17.6. The van der Waals surface area contributed by atoms with E-state index in [2.05, 4.69) is 10.6 Å². The summed E-state index contributed by atoms with van der Waals surface area (Å²) in [6.45, 7) is 1.85. The minimum atomic E-state index is -1.16. The number of aromatic hydroxyl groups is 1. The van der Waals surface area contributed by atoms with E-state index in [0.29, 0.717) is 19.4 Å². The molecule has 0 saturated carbocycles. The maximum absolute atomic E-state index is 13.1. The quantitative estimate of drug-likeness (QED) is 0.321. The maximum Gasteiger partial charge on any atom is 0.326 e. The first kappa shape index (κ1) is 26.7. The smallest absolute Gasteiger partial charge is 0.326 e. The van der Waals surface area contributed by atoms with Crippen LogP contribution in [0.4, 0.5) is 0 Å². The van der Waals surface area contributed by atoms with Gasteiger partial charge in [-0.25, -0.2) is 4.79 Å². The third kappa shape index (κ3) is 7.05. The molecule has 4 unspecified atom stereocenters. The van der Waals surface area contributed by atoms with Crippen molar-refractivity contribution in [3.05, 3.63) is 65.7 Å². The lowest BCUT2D eigenvalue weighted by molar-refractivity contribution is -0.144. The molecule has 10 nitrogen and oxygen atoms in total. The number of hydrogen-bond acceptors (Lipinski definition) is 6. The summed E-state index contributed by atoms with van der Waals surface area (Å²) in [6.07, 6.45) is 1.32. The highest BCUT2D eigenvalue weighted by Gasteiger charge is 2.38. The second kappa shape index (κ2) is 12.2. The van der Waals surface area contributed by atoms with E-state index in [9.17, 15) is 29.4 Å². The Labute approximate surface area is 209 Å². The van der Waals surface area contributed by atoms with Gasteiger partial charge in [-0.3, -0.25) is 14.4 Å². The van der Waals surface area contributed by atoms with Gasteiger partial charge < -0.3 is 31.5 Å². The highest BCUT2D eigenvalue weighted by molar-refractivity contribution is 5.94. The van der Waals surface area contributed by atoms with Crippen molar-refractivity contribution in [2.24, 2.45) is 5.73 Å². The molecular formula is C26H32N4O6. The molecule has 0 spiro atoms. The summed E-state index contributed by atoms with van der Waals surface area (Å²) in [7, 11) is 0. The average Bonchev–Trinajstić information content (AvgIpc) is 3.35. The number of benzene rings is 2. The molecule has 3 amide bonds. The van der Waals surface area contributed by atoms with Gasteiger partial charge in [-0.2, -0.15) is 0 Å². The summed E-state index contributed by atoms with van der Waals surface area (Å²) in [4.78, 5) is 51.7. The summed E-state index contributed by atoms with van der Waals surface area (Å²) in [5.74, 6) is -2.54. The Morgan fingerprint density at radius 1 is 1.00 bits per heavy atom. The maximum atomic E-state index is 13.1. The Balaban J connectivity index is 1.57.